The number of carbonyl (C=O) groups excluding carboxylic acids is 1. The molecule has 1 rings (SSSR count). The maximum absolute atomic E-state index is 11.7. The third-order valence-electron chi connectivity index (χ3n) is 3.79. The maximum atomic E-state index is 11.7. The summed E-state index contributed by atoms with van der Waals surface area (Å²) in [5.74, 6) is -1.64. The molecule has 0 aromatic rings. The summed E-state index contributed by atoms with van der Waals surface area (Å²) in [7, 11) is 0. The van der Waals surface area contributed by atoms with Crippen molar-refractivity contribution >= 4 is 11.9 Å². The Morgan fingerprint density at radius 3 is 2.25 bits per heavy atom. The fourth-order valence-electron chi connectivity index (χ4n) is 1.75. The summed E-state index contributed by atoms with van der Waals surface area (Å²) in [4.78, 5) is 22.4. The van der Waals surface area contributed by atoms with Crippen LogP contribution in [0.2, 0.25) is 0 Å². The van der Waals surface area contributed by atoms with Crippen LogP contribution in [0.4, 0.5) is 0 Å². The summed E-state index contributed by atoms with van der Waals surface area (Å²) in [6, 6.07) is 0. The Bertz CT molecular complexity index is 299. The zero-order valence-electron chi connectivity index (χ0n) is 10.4. The highest BCUT2D eigenvalue weighted by atomic mass is 16.4. The molecule has 16 heavy (non-hydrogen) atoms. The van der Waals surface area contributed by atoms with Gasteiger partial charge in [-0.25, -0.2) is 0 Å². The van der Waals surface area contributed by atoms with Gasteiger partial charge in [0.2, 0.25) is 5.91 Å². The van der Waals surface area contributed by atoms with Crippen molar-refractivity contribution < 1.29 is 14.7 Å². The van der Waals surface area contributed by atoms with Gasteiger partial charge in [0.1, 0.15) is 0 Å². The molecule has 0 saturated heterocycles. The first-order valence-electron chi connectivity index (χ1n) is 5.76. The van der Waals surface area contributed by atoms with Gasteiger partial charge in [0.15, 0.2) is 0 Å². The van der Waals surface area contributed by atoms with E-state index >= 15 is 0 Å². The number of hydrogen-bond donors (Lipinski definition) is 2. The van der Waals surface area contributed by atoms with Gasteiger partial charge in [-0.3, -0.25) is 9.59 Å². The van der Waals surface area contributed by atoms with Crippen LogP contribution in [0.15, 0.2) is 0 Å². The minimum atomic E-state index is -0.922. The molecule has 0 heterocycles. The van der Waals surface area contributed by atoms with Gasteiger partial charge in [0.25, 0.3) is 0 Å². The van der Waals surface area contributed by atoms with Crippen molar-refractivity contribution in [1.29, 1.82) is 0 Å². The summed E-state index contributed by atoms with van der Waals surface area (Å²) in [5, 5.41) is 11.6. The van der Waals surface area contributed by atoms with Crippen LogP contribution in [0.3, 0.4) is 0 Å². The topological polar surface area (TPSA) is 66.4 Å². The molecule has 0 aromatic heterocycles. The van der Waals surface area contributed by atoms with Gasteiger partial charge >= 0.3 is 5.97 Å². The number of carbonyl (C=O) groups is 2. The average molecular weight is 227 g/mol. The van der Waals surface area contributed by atoms with Crippen LogP contribution in [0, 0.1) is 23.2 Å². The van der Waals surface area contributed by atoms with Crippen LogP contribution in [0.25, 0.3) is 0 Å². The van der Waals surface area contributed by atoms with E-state index in [1.807, 2.05) is 0 Å². The lowest BCUT2D eigenvalue weighted by molar-refractivity contribution is -0.146. The van der Waals surface area contributed by atoms with Crippen LogP contribution in [0.1, 0.15) is 34.1 Å². The fourth-order valence-corrected chi connectivity index (χ4v) is 1.75. The van der Waals surface area contributed by atoms with E-state index in [2.05, 4.69) is 19.2 Å². The smallest absolute Gasteiger partial charge is 0.307 e. The molecule has 0 radical (unpaired) electrons. The van der Waals surface area contributed by atoms with Gasteiger partial charge in [-0.1, -0.05) is 27.7 Å². The molecule has 3 unspecified atom stereocenters. The molecule has 1 aliphatic carbocycles. The molecular weight excluding hydrogens is 206 g/mol. The monoisotopic (exact) mass is 227 g/mol. The second-order valence-corrected chi connectivity index (χ2v) is 5.55. The van der Waals surface area contributed by atoms with Crippen molar-refractivity contribution in [2.45, 2.75) is 34.1 Å². The van der Waals surface area contributed by atoms with Crippen LogP contribution in [-0.4, -0.2) is 23.5 Å². The Morgan fingerprint density at radius 1 is 1.38 bits per heavy atom. The Kier molecular flexibility index (Phi) is 3.61. The molecule has 1 amide bonds. The van der Waals surface area contributed by atoms with Crippen molar-refractivity contribution in [3.05, 3.63) is 0 Å². The van der Waals surface area contributed by atoms with E-state index in [0.717, 1.165) is 6.42 Å². The second-order valence-electron chi connectivity index (χ2n) is 5.55. The van der Waals surface area contributed by atoms with Crippen LogP contribution >= 0.6 is 0 Å². The molecule has 3 atom stereocenters. The molecule has 1 aliphatic rings. The highest BCUT2D eigenvalue weighted by molar-refractivity contribution is 5.84. The standard InChI is InChI=1S/C12H21NO3/c1-7(8(2)11(15)16)10(14)13-6-9-5-12(9,3)4/h7-9H,5-6H2,1-4H3,(H,13,14)(H,15,16). The van der Waals surface area contributed by atoms with Crippen LogP contribution in [0.5, 0.6) is 0 Å². The minimum absolute atomic E-state index is 0.155. The summed E-state index contributed by atoms with van der Waals surface area (Å²) in [6.07, 6.45) is 1.14. The first-order valence-corrected chi connectivity index (χ1v) is 5.76. The molecule has 1 fully saturated rings. The highest BCUT2D eigenvalue weighted by Gasteiger charge is 2.45. The zero-order chi connectivity index (χ0) is 12.5. The van der Waals surface area contributed by atoms with E-state index in [1.165, 1.54) is 0 Å². The van der Waals surface area contributed by atoms with Crippen molar-refractivity contribution in [1.82, 2.24) is 5.32 Å². The molecule has 0 aliphatic heterocycles. The molecule has 0 spiro atoms. The van der Waals surface area contributed by atoms with Crippen molar-refractivity contribution in [3.63, 3.8) is 0 Å². The second kappa shape index (κ2) is 4.44. The van der Waals surface area contributed by atoms with Gasteiger partial charge in [-0.05, 0) is 17.8 Å². The third-order valence-corrected chi connectivity index (χ3v) is 3.79. The number of rotatable bonds is 5. The fraction of sp³-hybridized carbons (Fsp3) is 0.833. The Labute approximate surface area is 96.4 Å². The van der Waals surface area contributed by atoms with Crippen LogP contribution in [-0.2, 0) is 9.59 Å². The minimum Gasteiger partial charge on any atom is -0.481 e. The summed E-state index contributed by atoms with van der Waals surface area (Å²) >= 11 is 0. The maximum Gasteiger partial charge on any atom is 0.307 e. The highest BCUT2D eigenvalue weighted by Crippen LogP contribution is 2.50. The van der Waals surface area contributed by atoms with Gasteiger partial charge in [-0.15, -0.1) is 0 Å². The molecule has 0 aromatic carbocycles. The Morgan fingerprint density at radius 2 is 1.88 bits per heavy atom. The van der Waals surface area contributed by atoms with Gasteiger partial charge in [0.05, 0.1) is 5.92 Å². The van der Waals surface area contributed by atoms with E-state index in [4.69, 9.17) is 5.11 Å². The van der Waals surface area contributed by atoms with Crippen molar-refractivity contribution in [3.8, 4) is 0 Å². The lowest BCUT2D eigenvalue weighted by atomic mass is 9.95. The first kappa shape index (κ1) is 13.0. The number of carboxylic acid groups (broad SMARTS) is 1. The number of hydrogen-bond acceptors (Lipinski definition) is 2. The zero-order valence-corrected chi connectivity index (χ0v) is 10.4. The predicted molar refractivity (Wildman–Crippen MR) is 60.9 cm³/mol. The van der Waals surface area contributed by atoms with Gasteiger partial charge < -0.3 is 10.4 Å². The predicted octanol–water partition coefficient (Wildman–Crippen LogP) is 1.51. The molecule has 0 bridgehead atoms. The average Bonchev–Trinajstić information content (AvgIpc) is 2.80. The van der Waals surface area contributed by atoms with Crippen LogP contribution < -0.4 is 5.32 Å². The third kappa shape index (κ3) is 2.97. The lowest BCUT2D eigenvalue weighted by Crippen LogP contribution is -2.36. The first-order chi connectivity index (χ1) is 7.25. The largest absolute Gasteiger partial charge is 0.481 e. The quantitative estimate of drug-likeness (QED) is 0.748. The summed E-state index contributed by atoms with van der Waals surface area (Å²) < 4.78 is 0. The molecule has 92 valence electrons. The van der Waals surface area contributed by atoms with E-state index in [0.29, 0.717) is 17.9 Å². The molecular formula is C12H21NO3. The number of nitrogens with one attached hydrogen (secondary N) is 1. The summed E-state index contributed by atoms with van der Waals surface area (Å²) in [5.41, 5.74) is 0.342. The number of aliphatic carboxylic acids is 1. The lowest BCUT2D eigenvalue weighted by Gasteiger charge is -2.16. The van der Waals surface area contributed by atoms with Crippen molar-refractivity contribution in [2.75, 3.05) is 6.54 Å². The Balaban J connectivity index is 2.33. The Hall–Kier alpha value is -1.06. The van der Waals surface area contributed by atoms with E-state index in [1.54, 1.807) is 13.8 Å². The van der Waals surface area contributed by atoms with E-state index in [-0.39, 0.29) is 5.91 Å². The number of amides is 1. The molecule has 4 nitrogen and oxygen atoms in total. The normalized spacial score (nSPS) is 25.6. The molecule has 4 heteroatoms. The molecule has 1 saturated carbocycles. The number of carboxylic acids is 1. The van der Waals surface area contributed by atoms with Crippen molar-refractivity contribution in [2.24, 2.45) is 23.2 Å². The summed E-state index contributed by atoms with van der Waals surface area (Å²) in [6.45, 7) is 8.24. The van der Waals surface area contributed by atoms with E-state index < -0.39 is 17.8 Å². The van der Waals surface area contributed by atoms with Gasteiger partial charge in [0, 0.05) is 12.5 Å². The van der Waals surface area contributed by atoms with E-state index in [9.17, 15) is 9.59 Å². The SMILES string of the molecule is CC(C(=O)O)C(C)C(=O)NCC1CC1(C)C. The van der Waals surface area contributed by atoms with Gasteiger partial charge in [-0.2, -0.15) is 0 Å². The molecule has 2 N–H and O–H groups in total.